The molecule has 1 aromatic carbocycles. The summed E-state index contributed by atoms with van der Waals surface area (Å²) in [6.07, 6.45) is 0. The van der Waals surface area contributed by atoms with E-state index in [0.29, 0.717) is 6.61 Å². The summed E-state index contributed by atoms with van der Waals surface area (Å²) in [6, 6.07) is 4.57. The monoisotopic (exact) mass is 284 g/mol. The molecule has 0 saturated heterocycles. The lowest BCUT2D eigenvalue weighted by molar-refractivity contribution is 0.110. The Labute approximate surface area is 117 Å². The zero-order chi connectivity index (χ0) is 14.2. The van der Waals surface area contributed by atoms with Gasteiger partial charge in [0.2, 0.25) is 0 Å². The highest BCUT2D eigenvalue weighted by Crippen LogP contribution is 2.31. The molecule has 5 heteroatoms. The van der Waals surface area contributed by atoms with Gasteiger partial charge in [0.25, 0.3) is 0 Å². The second-order valence-electron chi connectivity index (χ2n) is 5.30. The van der Waals surface area contributed by atoms with Crippen molar-refractivity contribution in [2.24, 2.45) is 0 Å². The molecule has 2 rings (SSSR count). The van der Waals surface area contributed by atoms with Gasteiger partial charge >= 0.3 is 0 Å². The van der Waals surface area contributed by atoms with Gasteiger partial charge in [0, 0.05) is 7.11 Å². The van der Waals surface area contributed by atoms with Crippen LogP contribution in [0.3, 0.4) is 0 Å². The molecule has 1 aromatic heterocycles. The summed E-state index contributed by atoms with van der Waals surface area (Å²) < 4.78 is 20.7. The largest absolute Gasteiger partial charge is 0.382 e. The standard InChI is InChI=1S/C14H18ClFN2O/c1-9(15)13-17-11-6-5-10(16)7-12(11)18(13)14(2,3)8-19-4/h5-7,9H,8H2,1-4H3. The number of halogens is 2. The number of imidazole rings is 1. The summed E-state index contributed by atoms with van der Waals surface area (Å²) in [6.45, 7) is 6.39. The number of hydrogen-bond acceptors (Lipinski definition) is 2. The van der Waals surface area contributed by atoms with Crippen LogP contribution in [-0.4, -0.2) is 23.3 Å². The normalized spacial score (nSPS) is 14.0. The Morgan fingerprint density at radius 2 is 2.16 bits per heavy atom. The number of rotatable bonds is 4. The van der Waals surface area contributed by atoms with Crippen molar-refractivity contribution in [3.63, 3.8) is 0 Å². The number of hydrogen-bond donors (Lipinski definition) is 0. The number of ether oxygens (including phenoxy) is 1. The first kappa shape index (κ1) is 14.3. The van der Waals surface area contributed by atoms with E-state index in [1.54, 1.807) is 13.2 Å². The zero-order valence-corrected chi connectivity index (χ0v) is 12.3. The van der Waals surface area contributed by atoms with Crippen LogP contribution in [0.2, 0.25) is 0 Å². The first-order chi connectivity index (χ1) is 8.86. The Hall–Kier alpha value is -1.13. The number of aromatic nitrogens is 2. The van der Waals surface area contributed by atoms with E-state index < -0.39 is 0 Å². The Morgan fingerprint density at radius 1 is 1.47 bits per heavy atom. The van der Waals surface area contributed by atoms with Crippen molar-refractivity contribution in [1.82, 2.24) is 9.55 Å². The van der Waals surface area contributed by atoms with E-state index in [4.69, 9.17) is 16.3 Å². The number of methoxy groups -OCH3 is 1. The van der Waals surface area contributed by atoms with Crippen LogP contribution in [0.1, 0.15) is 32.0 Å². The van der Waals surface area contributed by atoms with Crippen molar-refractivity contribution >= 4 is 22.6 Å². The van der Waals surface area contributed by atoms with Gasteiger partial charge in [-0.3, -0.25) is 0 Å². The van der Waals surface area contributed by atoms with Gasteiger partial charge in [-0.25, -0.2) is 9.37 Å². The highest BCUT2D eigenvalue weighted by atomic mass is 35.5. The minimum absolute atomic E-state index is 0.258. The minimum Gasteiger partial charge on any atom is -0.382 e. The first-order valence-corrected chi connectivity index (χ1v) is 6.62. The molecule has 0 saturated carbocycles. The van der Waals surface area contributed by atoms with Gasteiger partial charge in [-0.05, 0) is 39.0 Å². The lowest BCUT2D eigenvalue weighted by atomic mass is 10.1. The van der Waals surface area contributed by atoms with Crippen LogP contribution in [0, 0.1) is 5.82 Å². The third-order valence-corrected chi connectivity index (χ3v) is 3.30. The fourth-order valence-corrected chi connectivity index (χ4v) is 2.53. The Kier molecular flexibility index (Phi) is 3.83. The Balaban J connectivity index is 2.73. The van der Waals surface area contributed by atoms with Gasteiger partial charge in [0.1, 0.15) is 11.6 Å². The molecule has 0 radical (unpaired) electrons. The van der Waals surface area contributed by atoms with Crippen molar-refractivity contribution in [3.8, 4) is 0 Å². The maximum absolute atomic E-state index is 13.5. The molecule has 19 heavy (non-hydrogen) atoms. The van der Waals surface area contributed by atoms with E-state index in [9.17, 15) is 4.39 Å². The van der Waals surface area contributed by atoms with Gasteiger partial charge in [-0.2, -0.15) is 0 Å². The molecule has 0 fully saturated rings. The quantitative estimate of drug-likeness (QED) is 0.797. The molecule has 2 aromatic rings. The molecule has 1 atom stereocenters. The Bertz CT molecular complexity index is 592. The summed E-state index contributed by atoms with van der Waals surface area (Å²) in [7, 11) is 1.64. The molecule has 0 aliphatic carbocycles. The first-order valence-electron chi connectivity index (χ1n) is 6.18. The van der Waals surface area contributed by atoms with Crippen molar-refractivity contribution in [2.75, 3.05) is 13.7 Å². The van der Waals surface area contributed by atoms with E-state index in [1.807, 2.05) is 25.3 Å². The van der Waals surface area contributed by atoms with Crippen LogP contribution < -0.4 is 0 Å². The van der Waals surface area contributed by atoms with Crippen LogP contribution in [0.4, 0.5) is 4.39 Å². The van der Waals surface area contributed by atoms with Crippen LogP contribution >= 0.6 is 11.6 Å². The molecule has 0 aliphatic rings. The second kappa shape index (κ2) is 5.10. The SMILES string of the molecule is COCC(C)(C)n1c(C(C)Cl)nc2ccc(F)cc21. The smallest absolute Gasteiger partial charge is 0.128 e. The summed E-state index contributed by atoms with van der Waals surface area (Å²) in [5.41, 5.74) is 1.13. The maximum atomic E-state index is 13.5. The lowest BCUT2D eigenvalue weighted by Crippen LogP contribution is -2.33. The molecule has 3 nitrogen and oxygen atoms in total. The summed E-state index contributed by atoms with van der Waals surface area (Å²) in [5.74, 6) is 0.444. The Morgan fingerprint density at radius 3 is 2.74 bits per heavy atom. The third kappa shape index (κ3) is 2.60. The molecule has 0 amide bonds. The topological polar surface area (TPSA) is 27.1 Å². The molecular formula is C14H18ClFN2O. The number of alkyl halides is 1. The van der Waals surface area contributed by atoms with Gasteiger partial charge in [0.05, 0.1) is 28.6 Å². The van der Waals surface area contributed by atoms with E-state index in [-0.39, 0.29) is 16.7 Å². The summed E-state index contributed by atoms with van der Waals surface area (Å²) >= 11 is 6.21. The average molecular weight is 285 g/mol. The summed E-state index contributed by atoms with van der Waals surface area (Å²) in [4.78, 5) is 4.51. The predicted molar refractivity (Wildman–Crippen MR) is 75.2 cm³/mol. The molecule has 1 unspecified atom stereocenters. The van der Waals surface area contributed by atoms with Crippen LogP contribution in [0.5, 0.6) is 0 Å². The zero-order valence-electron chi connectivity index (χ0n) is 11.6. The van der Waals surface area contributed by atoms with E-state index in [2.05, 4.69) is 4.98 Å². The lowest BCUT2D eigenvalue weighted by Gasteiger charge is -2.29. The van der Waals surface area contributed by atoms with Crippen LogP contribution in [-0.2, 0) is 10.3 Å². The van der Waals surface area contributed by atoms with Crippen LogP contribution in [0.15, 0.2) is 18.2 Å². The third-order valence-electron chi connectivity index (χ3n) is 3.10. The summed E-state index contributed by atoms with van der Waals surface area (Å²) in [5, 5.41) is -0.258. The minimum atomic E-state index is -0.351. The number of benzene rings is 1. The fourth-order valence-electron chi connectivity index (χ4n) is 2.39. The number of nitrogens with zero attached hydrogens (tertiary/aromatic N) is 2. The molecule has 0 bridgehead atoms. The van der Waals surface area contributed by atoms with Crippen molar-refractivity contribution in [2.45, 2.75) is 31.7 Å². The second-order valence-corrected chi connectivity index (χ2v) is 5.95. The van der Waals surface area contributed by atoms with Crippen LogP contribution in [0.25, 0.3) is 11.0 Å². The molecule has 0 N–H and O–H groups in total. The van der Waals surface area contributed by atoms with Gasteiger partial charge in [-0.1, -0.05) is 0 Å². The van der Waals surface area contributed by atoms with Gasteiger partial charge < -0.3 is 9.30 Å². The number of fused-ring (bicyclic) bond motifs is 1. The maximum Gasteiger partial charge on any atom is 0.128 e. The highest BCUT2D eigenvalue weighted by molar-refractivity contribution is 6.20. The molecule has 104 valence electrons. The van der Waals surface area contributed by atoms with Gasteiger partial charge in [0.15, 0.2) is 0 Å². The molecule has 1 heterocycles. The fraction of sp³-hybridized carbons (Fsp3) is 0.500. The van der Waals surface area contributed by atoms with Gasteiger partial charge in [-0.15, -0.1) is 11.6 Å². The van der Waals surface area contributed by atoms with E-state index in [0.717, 1.165) is 16.9 Å². The van der Waals surface area contributed by atoms with Crippen molar-refractivity contribution < 1.29 is 9.13 Å². The van der Waals surface area contributed by atoms with Crippen molar-refractivity contribution in [3.05, 3.63) is 29.8 Å². The van der Waals surface area contributed by atoms with E-state index in [1.165, 1.54) is 12.1 Å². The molecule has 0 aliphatic heterocycles. The van der Waals surface area contributed by atoms with E-state index >= 15 is 0 Å². The predicted octanol–water partition coefficient (Wildman–Crippen LogP) is 3.86. The van der Waals surface area contributed by atoms with Crippen molar-refractivity contribution in [1.29, 1.82) is 0 Å². The average Bonchev–Trinajstić information content (AvgIpc) is 2.68. The molecule has 0 spiro atoms. The molecular weight excluding hydrogens is 267 g/mol. The highest BCUT2D eigenvalue weighted by Gasteiger charge is 2.28.